The van der Waals surface area contributed by atoms with Gasteiger partial charge in [0.1, 0.15) is 6.04 Å². The number of benzene rings is 1. The lowest BCUT2D eigenvalue weighted by Crippen LogP contribution is -2.42. The Bertz CT molecular complexity index is 479. The molecule has 6 heteroatoms. The number of nitrogens with zero attached hydrogens (tertiary/aromatic N) is 2. The van der Waals surface area contributed by atoms with Crippen LogP contribution in [0.3, 0.4) is 0 Å². The lowest BCUT2D eigenvalue weighted by molar-refractivity contribution is -0.137. The summed E-state index contributed by atoms with van der Waals surface area (Å²) in [6.07, 6.45) is -1.71. The van der Waals surface area contributed by atoms with Gasteiger partial charge in [-0.25, -0.2) is 5.01 Å². The molecule has 1 unspecified atom stereocenters. The van der Waals surface area contributed by atoms with E-state index >= 15 is 0 Å². The van der Waals surface area contributed by atoms with E-state index in [1.165, 1.54) is 6.07 Å². The highest BCUT2D eigenvalue weighted by atomic mass is 19.4. The first-order valence-corrected chi connectivity index (χ1v) is 6.11. The molecular weight excluding hydrogens is 255 g/mol. The zero-order chi connectivity index (χ0) is 13.9. The fourth-order valence-corrected chi connectivity index (χ4v) is 2.13. The lowest BCUT2D eigenvalue weighted by atomic mass is 10.1. The number of alkyl halides is 3. The molecule has 0 spiro atoms. The molecular formula is C13H14F3N3. The second-order valence-corrected chi connectivity index (χ2v) is 4.52. The number of nitrogens with one attached hydrogen (secondary N) is 1. The second kappa shape index (κ2) is 5.49. The molecule has 1 aromatic carbocycles. The molecule has 2 rings (SSSR count). The van der Waals surface area contributed by atoms with Crippen molar-refractivity contribution in [2.45, 2.75) is 31.5 Å². The maximum absolute atomic E-state index is 12.6. The Morgan fingerprint density at radius 3 is 2.79 bits per heavy atom. The van der Waals surface area contributed by atoms with Crippen molar-refractivity contribution in [2.75, 3.05) is 12.0 Å². The van der Waals surface area contributed by atoms with Crippen molar-refractivity contribution >= 4 is 5.69 Å². The van der Waals surface area contributed by atoms with Crippen LogP contribution in [0.5, 0.6) is 0 Å². The average molecular weight is 269 g/mol. The number of hydrogen-bond acceptors (Lipinski definition) is 3. The van der Waals surface area contributed by atoms with Crippen LogP contribution in [0.4, 0.5) is 18.9 Å². The molecule has 0 amide bonds. The maximum atomic E-state index is 12.6. The van der Waals surface area contributed by atoms with E-state index in [4.69, 9.17) is 5.26 Å². The van der Waals surface area contributed by atoms with Gasteiger partial charge in [-0.05, 0) is 37.5 Å². The Labute approximate surface area is 109 Å². The molecule has 1 saturated heterocycles. The first-order chi connectivity index (χ1) is 9.00. The molecule has 0 aliphatic carbocycles. The minimum absolute atomic E-state index is 0.289. The highest BCUT2D eigenvalue weighted by molar-refractivity contribution is 5.46. The Balaban J connectivity index is 2.12. The molecule has 1 atom stereocenters. The standard InChI is InChI=1S/C13H14F3N3/c14-13(15,16)10-4-3-5-11(8-10)18-19-7-2-1-6-12(19)9-17/h3-5,8,12,18H,1-2,6-7H2. The number of anilines is 1. The molecule has 0 aromatic heterocycles. The quantitative estimate of drug-likeness (QED) is 0.894. The number of hydrogen-bond donors (Lipinski definition) is 1. The van der Waals surface area contributed by atoms with Crippen LogP contribution >= 0.6 is 0 Å². The minimum Gasteiger partial charge on any atom is -0.318 e. The summed E-state index contributed by atoms with van der Waals surface area (Å²) in [7, 11) is 0. The van der Waals surface area contributed by atoms with Gasteiger partial charge >= 0.3 is 6.18 Å². The predicted molar refractivity (Wildman–Crippen MR) is 65.0 cm³/mol. The first-order valence-electron chi connectivity index (χ1n) is 6.11. The van der Waals surface area contributed by atoms with Gasteiger partial charge in [-0.3, -0.25) is 0 Å². The summed E-state index contributed by atoms with van der Waals surface area (Å²) in [5.74, 6) is 0. The number of hydrazine groups is 1. The van der Waals surface area contributed by atoms with Crippen molar-refractivity contribution < 1.29 is 13.2 Å². The van der Waals surface area contributed by atoms with Gasteiger partial charge in [-0.1, -0.05) is 6.07 Å². The van der Waals surface area contributed by atoms with Gasteiger partial charge in [0.25, 0.3) is 0 Å². The van der Waals surface area contributed by atoms with Crippen LogP contribution in [0, 0.1) is 11.3 Å². The van der Waals surface area contributed by atoms with Crippen molar-refractivity contribution in [2.24, 2.45) is 0 Å². The van der Waals surface area contributed by atoms with Gasteiger partial charge in [0, 0.05) is 12.2 Å². The number of nitriles is 1. The average Bonchev–Trinajstić information content (AvgIpc) is 2.39. The molecule has 0 bridgehead atoms. The van der Waals surface area contributed by atoms with E-state index in [1.807, 2.05) is 0 Å². The summed E-state index contributed by atoms with van der Waals surface area (Å²) < 4.78 is 37.8. The third-order valence-corrected chi connectivity index (χ3v) is 3.11. The molecule has 3 nitrogen and oxygen atoms in total. The SMILES string of the molecule is N#CC1CCCCN1Nc1cccc(C(F)(F)F)c1. The van der Waals surface area contributed by atoms with Gasteiger partial charge in [0.2, 0.25) is 0 Å². The molecule has 1 N–H and O–H groups in total. The Kier molecular flexibility index (Phi) is 3.96. The summed E-state index contributed by atoms with van der Waals surface area (Å²) >= 11 is 0. The maximum Gasteiger partial charge on any atom is 0.416 e. The summed E-state index contributed by atoms with van der Waals surface area (Å²) in [6, 6.07) is 6.89. The van der Waals surface area contributed by atoms with Crippen LogP contribution in [-0.4, -0.2) is 17.6 Å². The topological polar surface area (TPSA) is 39.1 Å². The Morgan fingerprint density at radius 2 is 2.11 bits per heavy atom. The Hall–Kier alpha value is -1.74. The smallest absolute Gasteiger partial charge is 0.318 e. The minimum atomic E-state index is -4.35. The summed E-state index contributed by atoms with van der Waals surface area (Å²) in [6.45, 7) is 0.661. The molecule has 0 saturated carbocycles. The van der Waals surface area contributed by atoms with Gasteiger partial charge in [0.15, 0.2) is 0 Å². The van der Waals surface area contributed by atoms with E-state index in [0.29, 0.717) is 12.2 Å². The van der Waals surface area contributed by atoms with E-state index in [0.717, 1.165) is 31.4 Å². The summed E-state index contributed by atoms with van der Waals surface area (Å²) in [5, 5.41) is 10.7. The third-order valence-electron chi connectivity index (χ3n) is 3.11. The highest BCUT2D eigenvalue weighted by Crippen LogP contribution is 2.31. The summed E-state index contributed by atoms with van der Waals surface area (Å²) in [4.78, 5) is 0. The van der Waals surface area contributed by atoms with Gasteiger partial charge in [0.05, 0.1) is 11.6 Å². The molecule has 0 radical (unpaired) electrons. The van der Waals surface area contributed by atoms with Crippen LogP contribution in [0.1, 0.15) is 24.8 Å². The van der Waals surface area contributed by atoms with E-state index in [1.54, 1.807) is 11.1 Å². The molecule has 1 aromatic rings. The number of halogens is 3. The normalized spacial score (nSPS) is 20.8. The van der Waals surface area contributed by atoms with Crippen LogP contribution < -0.4 is 5.43 Å². The van der Waals surface area contributed by atoms with Crippen molar-refractivity contribution in [1.29, 1.82) is 5.26 Å². The van der Waals surface area contributed by atoms with Crippen LogP contribution in [-0.2, 0) is 6.18 Å². The lowest BCUT2D eigenvalue weighted by Gasteiger charge is -2.32. The first kappa shape index (κ1) is 13.7. The monoisotopic (exact) mass is 269 g/mol. The van der Waals surface area contributed by atoms with Crippen molar-refractivity contribution in [3.63, 3.8) is 0 Å². The molecule has 1 aliphatic rings. The van der Waals surface area contributed by atoms with Crippen molar-refractivity contribution in [1.82, 2.24) is 5.01 Å². The van der Waals surface area contributed by atoms with Gasteiger partial charge < -0.3 is 5.43 Å². The zero-order valence-corrected chi connectivity index (χ0v) is 10.2. The zero-order valence-electron chi connectivity index (χ0n) is 10.2. The predicted octanol–water partition coefficient (Wildman–Crippen LogP) is 3.41. The van der Waals surface area contributed by atoms with Crippen molar-refractivity contribution in [3.05, 3.63) is 29.8 Å². The third kappa shape index (κ3) is 3.38. The fourth-order valence-electron chi connectivity index (χ4n) is 2.13. The molecule has 102 valence electrons. The second-order valence-electron chi connectivity index (χ2n) is 4.52. The van der Waals surface area contributed by atoms with Crippen LogP contribution in [0.15, 0.2) is 24.3 Å². The fraction of sp³-hybridized carbons (Fsp3) is 0.462. The molecule has 19 heavy (non-hydrogen) atoms. The molecule has 1 heterocycles. The number of rotatable bonds is 2. The summed E-state index contributed by atoms with van der Waals surface area (Å²) in [5.41, 5.74) is 2.57. The van der Waals surface area contributed by atoms with E-state index < -0.39 is 11.7 Å². The van der Waals surface area contributed by atoms with Gasteiger partial charge in [-0.15, -0.1) is 0 Å². The highest BCUT2D eigenvalue weighted by Gasteiger charge is 2.30. The van der Waals surface area contributed by atoms with E-state index in [2.05, 4.69) is 11.5 Å². The Morgan fingerprint density at radius 1 is 1.32 bits per heavy atom. The van der Waals surface area contributed by atoms with Crippen LogP contribution in [0.2, 0.25) is 0 Å². The van der Waals surface area contributed by atoms with E-state index in [-0.39, 0.29) is 6.04 Å². The molecule has 1 fully saturated rings. The number of piperidine rings is 1. The van der Waals surface area contributed by atoms with E-state index in [9.17, 15) is 13.2 Å². The van der Waals surface area contributed by atoms with Gasteiger partial charge in [-0.2, -0.15) is 18.4 Å². The van der Waals surface area contributed by atoms with Crippen LogP contribution in [0.25, 0.3) is 0 Å². The van der Waals surface area contributed by atoms with Crippen molar-refractivity contribution in [3.8, 4) is 6.07 Å². The molecule has 1 aliphatic heterocycles. The largest absolute Gasteiger partial charge is 0.416 e.